The number of aromatic nitrogens is 2. The van der Waals surface area contributed by atoms with Gasteiger partial charge in [-0.3, -0.25) is 0 Å². The summed E-state index contributed by atoms with van der Waals surface area (Å²) in [4.78, 5) is 4.07. The van der Waals surface area contributed by atoms with Crippen LogP contribution >= 0.6 is 15.9 Å². The first-order valence-electron chi connectivity index (χ1n) is 6.21. The smallest absolute Gasteiger partial charge is 0.129 e. The molecule has 102 valence electrons. The number of imidazole rings is 1. The standard InChI is InChI=1S/C14H17BrFN3/c1-10(13-4-3-11(15)7-14(13)16)18-6-5-12-8-17-9-19(12)2/h3-4,7-10,18H,5-6H2,1-2H3/t10-/m1/s1. The molecule has 1 N–H and O–H groups in total. The summed E-state index contributed by atoms with van der Waals surface area (Å²) in [5.74, 6) is -0.185. The molecule has 0 saturated heterocycles. The third-order valence-electron chi connectivity index (χ3n) is 3.18. The molecule has 1 aromatic carbocycles. The first-order chi connectivity index (χ1) is 9.08. The van der Waals surface area contributed by atoms with Crippen molar-refractivity contribution >= 4 is 15.9 Å². The highest BCUT2D eigenvalue weighted by Crippen LogP contribution is 2.20. The van der Waals surface area contributed by atoms with E-state index in [0.717, 1.165) is 23.1 Å². The zero-order chi connectivity index (χ0) is 13.8. The van der Waals surface area contributed by atoms with E-state index in [9.17, 15) is 4.39 Å². The third kappa shape index (κ3) is 3.64. The predicted octanol–water partition coefficient (Wildman–Crippen LogP) is 3.22. The van der Waals surface area contributed by atoms with Crippen LogP contribution in [0.4, 0.5) is 4.39 Å². The second kappa shape index (κ2) is 6.30. The number of nitrogens with one attached hydrogen (secondary N) is 1. The van der Waals surface area contributed by atoms with Crippen molar-refractivity contribution in [2.75, 3.05) is 6.54 Å². The monoisotopic (exact) mass is 325 g/mol. The Morgan fingerprint density at radius 3 is 2.89 bits per heavy atom. The molecule has 0 amide bonds. The van der Waals surface area contributed by atoms with Gasteiger partial charge in [0.05, 0.1) is 6.33 Å². The molecule has 0 saturated carbocycles. The van der Waals surface area contributed by atoms with Gasteiger partial charge >= 0.3 is 0 Å². The van der Waals surface area contributed by atoms with Crippen LogP contribution in [-0.4, -0.2) is 16.1 Å². The van der Waals surface area contributed by atoms with Crippen molar-refractivity contribution in [2.24, 2.45) is 7.05 Å². The van der Waals surface area contributed by atoms with Crippen LogP contribution in [0, 0.1) is 5.82 Å². The summed E-state index contributed by atoms with van der Waals surface area (Å²) in [6.07, 6.45) is 4.51. The number of benzene rings is 1. The van der Waals surface area contributed by atoms with Crippen molar-refractivity contribution in [3.8, 4) is 0 Å². The van der Waals surface area contributed by atoms with Gasteiger partial charge in [0.25, 0.3) is 0 Å². The van der Waals surface area contributed by atoms with Crippen molar-refractivity contribution in [3.05, 3.63) is 52.3 Å². The number of rotatable bonds is 5. The lowest BCUT2D eigenvalue weighted by atomic mass is 10.1. The molecule has 0 bridgehead atoms. The minimum atomic E-state index is -0.185. The van der Waals surface area contributed by atoms with Gasteiger partial charge in [0.15, 0.2) is 0 Å². The molecule has 3 nitrogen and oxygen atoms in total. The fourth-order valence-electron chi connectivity index (χ4n) is 2.00. The van der Waals surface area contributed by atoms with E-state index < -0.39 is 0 Å². The molecule has 0 unspecified atom stereocenters. The Labute approximate surface area is 121 Å². The predicted molar refractivity (Wildman–Crippen MR) is 77.4 cm³/mol. The molecule has 5 heteroatoms. The molecule has 2 aromatic rings. The topological polar surface area (TPSA) is 29.9 Å². The quantitative estimate of drug-likeness (QED) is 0.914. The van der Waals surface area contributed by atoms with Crippen molar-refractivity contribution in [1.29, 1.82) is 0 Å². The average Bonchev–Trinajstić information content (AvgIpc) is 2.75. The van der Waals surface area contributed by atoms with Gasteiger partial charge < -0.3 is 9.88 Å². The molecular weight excluding hydrogens is 309 g/mol. The first-order valence-corrected chi connectivity index (χ1v) is 7.00. The van der Waals surface area contributed by atoms with E-state index >= 15 is 0 Å². The second-order valence-corrected chi connectivity index (χ2v) is 5.50. The number of hydrogen-bond donors (Lipinski definition) is 1. The van der Waals surface area contributed by atoms with E-state index in [0.29, 0.717) is 5.56 Å². The van der Waals surface area contributed by atoms with E-state index in [4.69, 9.17) is 0 Å². The van der Waals surface area contributed by atoms with Gasteiger partial charge in [0.2, 0.25) is 0 Å². The second-order valence-electron chi connectivity index (χ2n) is 4.59. The SMILES string of the molecule is C[C@@H](NCCc1cncn1C)c1ccc(Br)cc1F. The Bertz CT molecular complexity index is 553. The van der Waals surface area contributed by atoms with Gasteiger partial charge in [-0.2, -0.15) is 0 Å². The minimum Gasteiger partial charge on any atom is -0.338 e. The summed E-state index contributed by atoms with van der Waals surface area (Å²) in [7, 11) is 1.97. The molecule has 2 rings (SSSR count). The molecule has 19 heavy (non-hydrogen) atoms. The van der Waals surface area contributed by atoms with Gasteiger partial charge in [0, 0.05) is 48.0 Å². The Morgan fingerprint density at radius 2 is 2.26 bits per heavy atom. The third-order valence-corrected chi connectivity index (χ3v) is 3.67. The molecule has 1 atom stereocenters. The minimum absolute atomic E-state index is 0.0127. The molecule has 0 spiro atoms. The molecule has 1 heterocycles. The van der Waals surface area contributed by atoms with E-state index in [1.54, 1.807) is 12.4 Å². The van der Waals surface area contributed by atoms with Crippen LogP contribution in [0.15, 0.2) is 35.2 Å². The van der Waals surface area contributed by atoms with Crippen molar-refractivity contribution < 1.29 is 4.39 Å². The van der Waals surface area contributed by atoms with E-state index in [-0.39, 0.29) is 11.9 Å². The number of hydrogen-bond acceptors (Lipinski definition) is 2. The van der Waals surface area contributed by atoms with Crippen LogP contribution in [0.1, 0.15) is 24.2 Å². The summed E-state index contributed by atoms with van der Waals surface area (Å²) in [6, 6.07) is 5.15. The first kappa shape index (κ1) is 14.2. The maximum atomic E-state index is 13.8. The molecule has 1 aromatic heterocycles. The highest BCUT2D eigenvalue weighted by molar-refractivity contribution is 9.10. The lowest BCUT2D eigenvalue weighted by Gasteiger charge is -2.15. The van der Waals surface area contributed by atoms with Crippen molar-refractivity contribution in [3.63, 3.8) is 0 Å². The van der Waals surface area contributed by atoms with E-state index in [1.807, 2.05) is 30.8 Å². The average molecular weight is 326 g/mol. The maximum absolute atomic E-state index is 13.8. The number of nitrogens with zero attached hydrogens (tertiary/aromatic N) is 2. The Morgan fingerprint density at radius 1 is 1.47 bits per heavy atom. The molecule has 0 aliphatic carbocycles. The van der Waals surface area contributed by atoms with Crippen LogP contribution < -0.4 is 5.32 Å². The number of halogens is 2. The van der Waals surface area contributed by atoms with E-state index in [1.165, 1.54) is 6.07 Å². The number of aryl methyl sites for hydroxylation is 1. The van der Waals surface area contributed by atoms with Gasteiger partial charge in [-0.25, -0.2) is 9.37 Å². The van der Waals surface area contributed by atoms with Gasteiger partial charge in [0.1, 0.15) is 5.82 Å². The van der Waals surface area contributed by atoms with Gasteiger partial charge in [-0.1, -0.05) is 22.0 Å². The van der Waals surface area contributed by atoms with Crippen molar-refractivity contribution in [2.45, 2.75) is 19.4 Å². The molecular formula is C14H17BrFN3. The Kier molecular flexibility index (Phi) is 4.71. The highest BCUT2D eigenvalue weighted by Gasteiger charge is 2.10. The zero-order valence-corrected chi connectivity index (χ0v) is 12.6. The zero-order valence-electron chi connectivity index (χ0n) is 11.0. The van der Waals surface area contributed by atoms with Crippen LogP contribution in [0.5, 0.6) is 0 Å². The summed E-state index contributed by atoms with van der Waals surface area (Å²) in [5.41, 5.74) is 1.85. The van der Waals surface area contributed by atoms with Gasteiger partial charge in [-0.15, -0.1) is 0 Å². The summed E-state index contributed by atoms with van der Waals surface area (Å²) in [6.45, 7) is 2.76. The van der Waals surface area contributed by atoms with Crippen molar-refractivity contribution in [1.82, 2.24) is 14.9 Å². The summed E-state index contributed by atoms with van der Waals surface area (Å²) < 4.78 is 16.5. The van der Waals surface area contributed by atoms with Crippen LogP contribution in [0.2, 0.25) is 0 Å². The molecule has 0 aliphatic rings. The van der Waals surface area contributed by atoms with E-state index in [2.05, 4.69) is 26.2 Å². The fourth-order valence-corrected chi connectivity index (χ4v) is 2.34. The lowest BCUT2D eigenvalue weighted by molar-refractivity contribution is 0.527. The summed E-state index contributed by atoms with van der Waals surface area (Å²) in [5, 5.41) is 3.33. The van der Waals surface area contributed by atoms with Crippen LogP contribution in [-0.2, 0) is 13.5 Å². The summed E-state index contributed by atoms with van der Waals surface area (Å²) >= 11 is 3.26. The highest BCUT2D eigenvalue weighted by atomic mass is 79.9. The fraction of sp³-hybridized carbons (Fsp3) is 0.357. The lowest BCUT2D eigenvalue weighted by Crippen LogP contribution is -2.22. The van der Waals surface area contributed by atoms with Crippen LogP contribution in [0.3, 0.4) is 0 Å². The molecule has 0 fully saturated rings. The largest absolute Gasteiger partial charge is 0.338 e. The molecule has 0 aliphatic heterocycles. The van der Waals surface area contributed by atoms with Crippen LogP contribution in [0.25, 0.3) is 0 Å². The Hall–Kier alpha value is -1.20. The molecule has 0 radical (unpaired) electrons. The normalized spacial score (nSPS) is 12.6. The van der Waals surface area contributed by atoms with Gasteiger partial charge in [-0.05, 0) is 19.1 Å². The maximum Gasteiger partial charge on any atom is 0.129 e. The Balaban J connectivity index is 1.91.